The molecule has 0 N–H and O–H groups in total. The molecule has 1 fully saturated rings. The fraction of sp³-hybridized carbons (Fsp3) is 0.625. The molecular weight excluding hydrogens is 264 g/mol. The van der Waals surface area contributed by atoms with Crippen LogP contribution in [0.25, 0.3) is 0 Å². The molecule has 0 spiro atoms. The number of ketones is 1. The molecule has 0 amide bonds. The Morgan fingerprint density at radius 2 is 2.19 bits per heavy atom. The van der Waals surface area contributed by atoms with Crippen molar-refractivity contribution in [3.8, 4) is 6.07 Å². The van der Waals surface area contributed by atoms with Crippen LogP contribution in [0.2, 0.25) is 0 Å². The highest BCUT2D eigenvalue weighted by Crippen LogP contribution is 2.29. The van der Waals surface area contributed by atoms with E-state index in [9.17, 15) is 10.1 Å². The van der Waals surface area contributed by atoms with Gasteiger partial charge in [-0.2, -0.15) is 10.4 Å². The third-order valence-electron chi connectivity index (χ3n) is 4.29. The van der Waals surface area contributed by atoms with Crippen LogP contribution >= 0.6 is 0 Å². The van der Waals surface area contributed by atoms with Crippen molar-refractivity contribution in [2.75, 3.05) is 0 Å². The lowest BCUT2D eigenvalue weighted by atomic mass is 9.99. The van der Waals surface area contributed by atoms with Crippen molar-refractivity contribution in [3.05, 3.63) is 11.8 Å². The van der Waals surface area contributed by atoms with Crippen LogP contribution in [-0.2, 0) is 11.3 Å². The summed E-state index contributed by atoms with van der Waals surface area (Å²) in [6.45, 7) is 6.88. The number of aromatic nitrogens is 2. The van der Waals surface area contributed by atoms with Crippen molar-refractivity contribution < 1.29 is 4.79 Å². The van der Waals surface area contributed by atoms with E-state index in [1.165, 1.54) is 0 Å². The summed E-state index contributed by atoms with van der Waals surface area (Å²) < 4.78 is 1.79. The fourth-order valence-corrected chi connectivity index (χ4v) is 2.60. The van der Waals surface area contributed by atoms with Crippen molar-refractivity contribution in [2.24, 2.45) is 16.8 Å². The largest absolute Gasteiger partial charge is 0.299 e. The molecule has 0 aliphatic heterocycles. The Morgan fingerprint density at radius 1 is 1.43 bits per heavy atom. The number of hydrogen-bond donors (Lipinski definition) is 0. The molecule has 5 nitrogen and oxygen atoms in total. The number of nitriles is 1. The molecule has 0 aromatic carbocycles. The Balaban J connectivity index is 2.28. The molecule has 0 saturated heterocycles. The smallest absolute Gasteiger partial charge is 0.168 e. The van der Waals surface area contributed by atoms with Crippen molar-refractivity contribution in [1.29, 1.82) is 5.26 Å². The van der Waals surface area contributed by atoms with Crippen molar-refractivity contribution in [1.82, 2.24) is 9.78 Å². The Bertz CT molecular complexity index is 594. The predicted molar refractivity (Wildman–Crippen MR) is 81.5 cm³/mol. The molecule has 0 bridgehead atoms. The maximum Gasteiger partial charge on any atom is 0.168 e. The molecule has 112 valence electrons. The molecular formula is C16H22N4O. The van der Waals surface area contributed by atoms with Crippen molar-refractivity contribution in [3.63, 3.8) is 0 Å². The second-order valence-electron chi connectivity index (χ2n) is 5.75. The summed E-state index contributed by atoms with van der Waals surface area (Å²) in [5.41, 5.74) is 1.36. The van der Waals surface area contributed by atoms with Crippen LogP contribution in [-0.4, -0.2) is 21.3 Å². The van der Waals surface area contributed by atoms with Crippen LogP contribution in [0.15, 0.2) is 11.2 Å². The highest BCUT2D eigenvalue weighted by Gasteiger charge is 2.33. The lowest BCUT2D eigenvalue weighted by Gasteiger charge is -2.09. The summed E-state index contributed by atoms with van der Waals surface area (Å²) in [6, 6.07) is 2.14. The predicted octanol–water partition coefficient (Wildman–Crippen LogP) is 3.26. The Labute approximate surface area is 125 Å². The quantitative estimate of drug-likeness (QED) is 0.780. The van der Waals surface area contributed by atoms with E-state index in [-0.39, 0.29) is 17.6 Å². The summed E-state index contributed by atoms with van der Waals surface area (Å²) in [5.74, 6) is 1.00. The van der Waals surface area contributed by atoms with E-state index in [0.717, 1.165) is 31.5 Å². The Morgan fingerprint density at radius 3 is 2.76 bits per heavy atom. The van der Waals surface area contributed by atoms with E-state index in [0.29, 0.717) is 17.8 Å². The standard InChI is InChI=1S/C16H22N4O/c1-4-5-6-7-20-16(13(9-17)10-18-20)19-14-8-15(21)12(3)11(14)2/h10-12H,4-8H2,1-3H3. The highest BCUT2D eigenvalue weighted by atomic mass is 16.1. The number of aryl methyl sites for hydroxylation is 1. The summed E-state index contributed by atoms with van der Waals surface area (Å²) in [4.78, 5) is 16.4. The van der Waals surface area contributed by atoms with E-state index in [4.69, 9.17) is 0 Å². The number of hydrogen-bond acceptors (Lipinski definition) is 4. The Kier molecular flexibility index (Phi) is 4.89. The van der Waals surface area contributed by atoms with Gasteiger partial charge in [-0.3, -0.25) is 4.79 Å². The highest BCUT2D eigenvalue weighted by molar-refractivity contribution is 6.11. The first-order chi connectivity index (χ1) is 10.1. The average molecular weight is 286 g/mol. The number of nitrogens with zero attached hydrogens (tertiary/aromatic N) is 4. The molecule has 1 aliphatic carbocycles. The molecule has 5 heteroatoms. The first-order valence-corrected chi connectivity index (χ1v) is 7.64. The van der Waals surface area contributed by atoms with Gasteiger partial charge < -0.3 is 0 Å². The SMILES string of the molecule is CCCCCn1ncc(C#N)c1N=C1CC(=O)C(C)C1C. The van der Waals surface area contributed by atoms with E-state index in [2.05, 4.69) is 23.1 Å². The minimum Gasteiger partial charge on any atom is -0.299 e. The van der Waals surface area contributed by atoms with Gasteiger partial charge in [0.2, 0.25) is 0 Å². The Hall–Kier alpha value is -1.96. The van der Waals surface area contributed by atoms with Gasteiger partial charge in [-0.1, -0.05) is 33.6 Å². The molecule has 2 rings (SSSR count). The van der Waals surface area contributed by atoms with Crippen LogP contribution in [0, 0.1) is 23.2 Å². The summed E-state index contributed by atoms with van der Waals surface area (Å²) in [5, 5.41) is 13.5. The molecule has 1 aromatic heterocycles. The lowest BCUT2D eigenvalue weighted by Crippen LogP contribution is -2.10. The number of unbranched alkanes of at least 4 members (excludes halogenated alkanes) is 2. The minimum absolute atomic E-state index is 0.0192. The molecule has 21 heavy (non-hydrogen) atoms. The molecule has 1 aromatic rings. The fourth-order valence-electron chi connectivity index (χ4n) is 2.60. The minimum atomic E-state index is 0.0192. The topological polar surface area (TPSA) is 71.0 Å². The van der Waals surface area contributed by atoms with Crippen LogP contribution < -0.4 is 0 Å². The van der Waals surface area contributed by atoms with Gasteiger partial charge in [0.05, 0.1) is 6.20 Å². The molecule has 2 unspecified atom stereocenters. The summed E-state index contributed by atoms with van der Waals surface area (Å²) in [7, 11) is 0. The van der Waals surface area contributed by atoms with Crippen LogP contribution in [0.4, 0.5) is 5.82 Å². The maximum absolute atomic E-state index is 11.8. The third-order valence-corrected chi connectivity index (χ3v) is 4.29. The van der Waals surface area contributed by atoms with Crippen LogP contribution in [0.5, 0.6) is 0 Å². The number of carbonyl (C=O) groups excluding carboxylic acids is 1. The van der Waals surface area contributed by atoms with Gasteiger partial charge in [-0.25, -0.2) is 9.67 Å². The zero-order valence-electron chi connectivity index (χ0n) is 13.0. The molecule has 1 saturated carbocycles. The second kappa shape index (κ2) is 6.66. The second-order valence-corrected chi connectivity index (χ2v) is 5.75. The maximum atomic E-state index is 11.8. The zero-order chi connectivity index (χ0) is 15.4. The van der Waals surface area contributed by atoms with E-state index >= 15 is 0 Å². The summed E-state index contributed by atoms with van der Waals surface area (Å²) >= 11 is 0. The average Bonchev–Trinajstić information content (AvgIpc) is 2.97. The number of aliphatic imine (C=N–C) groups is 1. The normalized spacial score (nSPS) is 23.7. The molecule has 1 heterocycles. The monoisotopic (exact) mass is 286 g/mol. The first kappa shape index (κ1) is 15.4. The van der Waals surface area contributed by atoms with E-state index in [1.807, 2.05) is 13.8 Å². The first-order valence-electron chi connectivity index (χ1n) is 7.64. The van der Waals surface area contributed by atoms with E-state index < -0.39 is 0 Å². The summed E-state index contributed by atoms with van der Waals surface area (Å²) in [6.07, 6.45) is 5.25. The van der Waals surface area contributed by atoms with Crippen molar-refractivity contribution in [2.45, 2.75) is 53.0 Å². The van der Waals surface area contributed by atoms with Crippen molar-refractivity contribution >= 4 is 17.3 Å². The third kappa shape index (κ3) is 3.21. The van der Waals surface area contributed by atoms with Crippen LogP contribution in [0.3, 0.4) is 0 Å². The number of carbonyl (C=O) groups is 1. The van der Waals surface area contributed by atoms with Gasteiger partial charge in [-0.15, -0.1) is 0 Å². The van der Waals surface area contributed by atoms with Gasteiger partial charge in [0.1, 0.15) is 17.4 Å². The van der Waals surface area contributed by atoms with Crippen LogP contribution in [0.1, 0.15) is 52.0 Å². The van der Waals surface area contributed by atoms with E-state index in [1.54, 1.807) is 10.9 Å². The molecule has 2 atom stereocenters. The number of Topliss-reactive ketones (excluding diaryl/α,β-unsaturated/α-hetero) is 1. The zero-order valence-corrected chi connectivity index (χ0v) is 13.0. The molecule has 1 aliphatic rings. The van der Waals surface area contributed by atoms with Gasteiger partial charge in [0.25, 0.3) is 0 Å². The molecule has 0 radical (unpaired) electrons. The van der Waals surface area contributed by atoms with Gasteiger partial charge in [0.15, 0.2) is 5.82 Å². The van der Waals surface area contributed by atoms with Gasteiger partial charge >= 0.3 is 0 Å². The lowest BCUT2D eigenvalue weighted by molar-refractivity contribution is -0.120. The number of rotatable bonds is 5. The van der Waals surface area contributed by atoms with Gasteiger partial charge in [0, 0.05) is 30.5 Å². The van der Waals surface area contributed by atoms with Gasteiger partial charge in [-0.05, 0) is 6.42 Å².